The van der Waals surface area contributed by atoms with Gasteiger partial charge in [0, 0.05) is 25.3 Å². The average Bonchev–Trinajstić information content (AvgIpc) is 2.77. The summed E-state index contributed by atoms with van der Waals surface area (Å²) in [5.41, 5.74) is 0. The monoisotopic (exact) mass is 279 g/mol. The zero-order chi connectivity index (χ0) is 15.0. The van der Waals surface area contributed by atoms with E-state index in [1.54, 1.807) is 0 Å². The van der Waals surface area contributed by atoms with Crippen molar-refractivity contribution in [2.24, 2.45) is 17.8 Å². The van der Waals surface area contributed by atoms with Crippen molar-refractivity contribution in [2.75, 3.05) is 6.54 Å². The van der Waals surface area contributed by atoms with Gasteiger partial charge in [-0.1, -0.05) is 39.3 Å². The van der Waals surface area contributed by atoms with Gasteiger partial charge in [-0.15, -0.1) is 0 Å². The number of allylic oxidation sites excluding steroid dienone is 2. The highest BCUT2D eigenvalue weighted by Crippen LogP contribution is 2.34. The third-order valence-electron chi connectivity index (χ3n) is 4.33. The number of Topliss-reactive ketones (excluding diaryl/α,β-unsaturated/α-hetero) is 1. The first-order valence-corrected chi connectivity index (χ1v) is 8.02. The molecule has 0 unspecified atom stereocenters. The van der Waals surface area contributed by atoms with Crippen LogP contribution in [-0.2, 0) is 9.59 Å². The Bertz CT molecular complexity index is 349. The summed E-state index contributed by atoms with van der Waals surface area (Å²) in [6.45, 7) is 7.10. The number of rotatable bonds is 8. The summed E-state index contributed by atoms with van der Waals surface area (Å²) in [6.07, 6.45) is 9.11. The Morgan fingerprint density at radius 1 is 1.40 bits per heavy atom. The highest BCUT2D eigenvalue weighted by atomic mass is 16.1. The molecule has 1 rings (SSSR count). The molecule has 0 aromatic carbocycles. The number of hydrogen-bond donors (Lipinski definition) is 1. The van der Waals surface area contributed by atoms with Crippen LogP contribution >= 0.6 is 0 Å². The number of amides is 1. The van der Waals surface area contributed by atoms with Crippen molar-refractivity contribution >= 4 is 11.7 Å². The number of carbonyl (C=O) groups is 2. The topological polar surface area (TPSA) is 46.2 Å². The van der Waals surface area contributed by atoms with Crippen molar-refractivity contribution in [3.63, 3.8) is 0 Å². The van der Waals surface area contributed by atoms with Crippen LogP contribution in [0.2, 0.25) is 0 Å². The lowest BCUT2D eigenvalue weighted by molar-refractivity contribution is -0.123. The van der Waals surface area contributed by atoms with Gasteiger partial charge in [0.2, 0.25) is 5.91 Å². The summed E-state index contributed by atoms with van der Waals surface area (Å²) >= 11 is 0. The van der Waals surface area contributed by atoms with Crippen LogP contribution in [-0.4, -0.2) is 18.2 Å². The van der Waals surface area contributed by atoms with Gasteiger partial charge in [-0.25, -0.2) is 0 Å². The maximum absolute atomic E-state index is 12.0. The number of nitrogens with one attached hydrogen (secondary N) is 1. The first-order valence-electron chi connectivity index (χ1n) is 8.02. The van der Waals surface area contributed by atoms with Gasteiger partial charge >= 0.3 is 0 Å². The van der Waals surface area contributed by atoms with Crippen molar-refractivity contribution in [3.8, 4) is 0 Å². The van der Waals surface area contributed by atoms with Crippen LogP contribution in [0.1, 0.15) is 59.3 Å². The van der Waals surface area contributed by atoms with E-state index in [1.165, 1.54) is 0 Å². The van der Waals surface area contributed by atoms with Crippen molar-refractivity contribution < 1.29 is 9.59 Å². The van der Waals surface area contributed by atoms with Crippen LogP contribution in [0, 0.1) is 17.8 Å². The van der Waals surface area contributed by atoms with E-state index in [2.05, 4.69) is 38.2 Å². The predicted octanol–water partition coefficient (Wildman–Crippen LogP) is 3.49. The maximum Gasteiger partial charge on any atom is 0.220 e. The Hall–Kier alpha value is -1.12. The van der Waals surface area contributed by atoms with E-state index in [1.807, 2.05) is 0 Å². The second-order valence-corrected chi connectivity index (χ2v) is 6.01. The molecule has 114 valence electrons. The van der Waals surface area contributed by atoms with Gasteiger partial charge in [0.1, 0.15) is 5.78 Å². The van der Waals surface area contributed by atoms with Crippen LogP contribution in [0.3, 0.4) is 0 Å². The number of ketones is 1. The first-order chi connectivity index (χ1) is 9.58. The fraction of sp³-hybridized carbons (Fsp3) is 0.765. The van der Waals surface area contributed by atoms with Crippen LogP contribution in [0.15, 0.2) is 12.2 Å². The van der Waals surface area contributed by atoms with Gasteiger partial charge in [0.25, 0.3) is 0 Å². The second-order valence-electron chi connectivity index (χ2n) is 6.01. The van der Waals surface area contributed by atoms with E-state index < -0.39 is 0 Å². The average molecular weight is 279 g/mol. The minimum Gasteiger partial charge on any atom is -0.356 e. The van der Waals surface area contributed by atoms with Gasteiger partial charge in [0.15, 0.2) is 0 Å². The summed E-state index contributed by atoms with van der Waals surface area (Å²) in [5.74, 6) is 1.26. The molecule has 1 saturated carbocycles. The van der Waals surface area contributed by atoms with E-state index in [-0.39, 0.29) is 17.7 Å². The summed E-state index contributed by atoms with van der Waals surface area (Å²) in [4.78, 5) is 23.9. The minimum absolute atomic E-state index is 0.0622. The molecule has 0 radical (unpaired) electrons. The van der Waals surface area contributed by atoms with Gasteiger partial charge in [-0.3, -0.25) is 9.59 Å². The molecule has 0 bridgehead atoms. The highest BCUT2D eigenvalue weighted by Gasteiger charge is 2.34. The third-order valence-corrected chi connectivity index (χ3v) is 4.33. The van der Waals surface area contributed by atoms with Crippen molar-refractivity contribution in [2.45, 2.75) is 59.3 Å². The summed E-state index contributed by atoms with van der Waals surface area (Å²) < 4.78 is 0. The summed E-state index contributed by atoms with van der Waals surface area (Å²) in [6, 6.07) is 0. The Balaban J connectivity index is 2.42. The molecule has 0 aromatic rings. The molecule has 1 aliphatic rings. The Kier molecular flexibility index (Phi) is 7.56. The van der Waals surface area contributed by atoms with E-state index in [0.29, 0.717) is 24.5 Å². The van der Waals surface area contributed by atoms with Crippen LogP contribution in [0.25, 0.3) is 0 Å². The van der Waals surface area contributed by atoms with Gasteiger partial charge in [0.05, 0.1) is 0 Å². The molecule has 0 heterocycles. The molecule has 1 N–H and O–H groups in total. The van der Waals surface area contributed by atoms with E-state index in [4.69, 9.17) is 0 Å². The molecule has 0 spiro atoms. The molecule has 1 aliphatic carbocycles. The quantitative estimate of drug-likeness (QED) is 0.691. The molecule has 1 amide bonds. The van der Waals surface area contributed by atoms with Crippen LogP contribution < -0.4 is 5.32 Å². The smallest absolute Gasteiger partial charge is 0.220 e. The molecule has 0 aliphatic heterocycles. The van der Waals surface area contributed by atoms with Crippen LogP contribution in [0.4, 0.5) is 0 Å². The second kappa shape index (κ2) is 8.93. The van der Waals surface area contributed by atoms with Crippen molar-refractivity contribution in [3.05, 3.63) is 12.2 Å². The fourth-order valence-corrected chi connectivity index (χ4v) is 2.70. The lowest BCUT2D eigenvalue weighted by atomic mass is 9.89. The van der Waals surface area contributed by atoms with Crippen molar-refractivity contribution in [1.29, 1.82) is 0 Å². The van der Waals surface area contributed by atoms with Crippen molar-refractivity contribution in [1.82, 2.24) is 5.32 Å². The molecule has 20 heavy (non-hydrogen) atoms. The normalized spacial score (nSPS) is 24.2. The number of carbonyl (C=O) groups excluding carboxylic acids is 2. The lowest BCUT2D eigenvalue weighted by Gasteiger charge is -2.17. The Morgan fingerprint density at radius 2 is 2.15 bits per heavy atom. The molecular formula is C17H29NO2. The van der Waals surface area contributed by atoms with Gasteiger partial charge in [-0.2, -0.15) is 0 Å². The molecule has 0 saturated heterocycles. The standard InChI is InChI=1S/C17H29NO2/c1-4-6-7-8-15-14(9-10-16(15)19)11-17(20)18-12-13(3)5-2/h6-7,13-15H,4-5,8-12H2,1-3H3,(H,18,20)/b7-6-/t13-,14+,15+/m0/s1. The largest absolute Gasteiger partial charge is 0.356 e. The molecular weight excluding hydrogens is 250 g/mol. The van der Waals surface area contributed by atoms with E-state index >= 15 is 0 Å². The SMILES string of the molecule is CC/C=C\C[C@H]1C(=O)CC[C@@H]1CC(=O)NC[C@@H](C)CC. The molecule has 3 nitrogen and oxygen atoms in total. The van der Waals surface area contributed by atoms with E-state index in [0.717, 1.165) is 32.2 Å². The molecule has 3 heteroatoms. The molecule has 1 fully saturated rings. The van der Waals surface area contributed by atoms with Crippen LogP contribution in [0.5, 0.6) is 0 Å². The first kappa shape index (κ1) is 16.9. The predicted molar refractivity (Wildman–Crippen MR) is 82.4 cm³/mol. The third kappa shape index (κ3) is 5.48. The summed E-state index contributed by atoms with van der Waals surface area (Å²) in [7, 11) is 0. The maximum atomic E-state index is 12.0. The van der Waals surface area contributed by atoms with Gasteiger partial charge < -0.3 is 5.32 Å². The fourth-order valence-electron chi connectivity index (χ4n) is 2.70. The molecule has 0 aromatic heterocycles. The summed E-state index contributed by atoms with van der Waals surface area (Å²) in [5, 5.41) is 2.99. The number of hydrogen-bond acceptors (Lipinski definition) is 2. The Labute approximate surface area is 123 Å². The van der Waals surface area contributed by atoms with Gasteiger partial charge in [-0.05, 0) is 31.1 Å². The molecule has 3 atom stereocenters. The van der Waals surface area contributed by atoms with E-state index in [9.17, 15) is 9.59 Å². The zero-order valence-corrected chi connectivity index (χ0v) is 13.2. The lowest BCUT2D eigenvalue weighted by Crippen LogP contribution is -2.30. The zero-order valence-electron chi connectivity index (χ0n) is 13.2. The minimum atomic E-state index is 0.0622. The highest BCUT2D eigenvalue weighted by molar-refractivity contribution is 5.85. The Morgan fingerprint density at radius 3 is 2.80 bits per heavy atom.